The number of rotatable bonds is 2. The van der Waals surface area contributed by atoms with E-state index >= 15 is 0 Å². The lowest BCUT2D eigenvalue weighted by Gasteiger charge is -2.24. The first-order chi connectivity index (χ1) is 14.5. The summed E-state index contributed by atoms with van der Waals surface area (Å²) in [5.74, 6) is 0.147. The van der Waals surface area contributed by atoms with E-state index in [1.54, 1.807) is 18.5 Å². The molecule has 9 nitrogen and oxygen atoms in total. The Morgan fingerprint density at radius 2 is 1.73 bits per heavy atom. The lowest BCUT2D eigenvalue weighted by Crippen LogP contribution is -2.32. The van der Waals surface area contributed by atoms with Crippen LogP contribution < -0.4 is 9.80 Å². The van der Waals surface area contributed by atoms with Crippen molar-refractivity contribution in [3.63, 3.8) is 0 Å². The Hall–Kier alpha value is -3.57. The van der Waals surface area contributed by atoms with Crippen molar-refractivity contribution in [2.75, 3.05) is 36.0 Å². The van der Waals surface area contributed by atoms with E-state index in [4.69, 9.17) is 0 Å². The third-order valence-electron chi connectivity index (χ3n) is 5.04. The Bertz CT molecular complexity index is 1200. The van der Waals surface area contributed by atoms with Gasteiger partial charge in [-0.2, -0.15) is 17.7 Å². The number of pyridine rings is 1. The van der Waals surface area contributed by atoms with Crippen molar-refractivity contribution in [1.82, 2.24) is 34.8 Å². The summed E-state index contributed by atoms with van der Waals surface area (Å²) in [6.07, 6.45) is 1.09. The van der Waals surface area contributed by atoms with Gasteiger partial charge in [0.15, 0.2) is 5.65 Å². The molecule has 4 aromatic rings. The number of hydrogen-bond donors (Lipinski definition) is 0. The average Bonchev–Trinajstić information content (AvgIpc) is 3.03. The zero-order chi connectivity index (χ0) is 20.7. The maximum Gasteiger partial charge on any atom is 0.453 e. The van der Waals surface area contributed by atoms with E-state index in [9.17, 15) is 13.2 Å². The van der Waals surface area contributed by atoms with Gasteiger partial charge in [0.2, 0.25) is 0 Å². The van der Waals surface area contributed by atoms with Crippen LogP contribution in [0.25, 0.3) is 16.6 Å². The van der Waals surface area contributed by atoms with E-state index in [1.807, 2.05) is 11.0 Å². The van der Waals surface area contributed by atoms with Crippen LogP contribution in [0.15, 0.2) is 36.9 Å². The van der Waals surface area contributed by atoms with E-state index < -0.39 is 12.0 Å². The van der Waals surface area contributed by atoms with Crippen LogP contribution in [0.1, 0.15) is 12.2 Å². The molecule has 1 aliphatic rings. The summed E-state index contributed by atoms with van der Waals surface area (Å²) in [5, 5.41) is 11.9. The fraction of sp³-hybridized carbons (Fsp3) is 0.333. The first-order valence-electron chi connectivity index (χ1n) is 9.35. The van der Waals surface area contributed by atoms with E-state index in [-0.39, 0.29) is 5.65 Å². The number of alkyl halides is 3. The standard InChI is InChI=1S/C18H16F3N9/c19-18(20,21)17-26-25-14-2-3-15(27-30(14)17)28-6-1-7-29(9-8-28)16-12-4-5-22-10-13(12)23-11-24-16/h2-5,10-11H,1,6-9H2. The van der Waals surface area contributed by atoms with Crippen LogP contribution in [-0.2, 0) is 6.18 Å². The lowest BCUT2D eigenvalue weighted by molar-refractivity contribution is -0.146. The molecule has 0 amide bonds. The Morgan fingerprint density at radius 1 is 0.900 bits per heavy atom. The molecule has 0 atom stereocenters. The van der Waals surface area contributed by atoms with Gasteiger partial charge < -0.3 is 9.80 Å². The second-order valence-corrected chi connectivity index (χ2v) is 6.90. The second kappa shape index (κ2) is 7.04. The van der Waals surface area contributed by atoms with E-state index in [1.165, 1.54) is 12.4 Å². The van der Waals surface area contributed by atoms with Crippen molar-refractivity contribution in [1.29, 1.82) is 0 Å². The molecule has 0 unspecified atom stereocenters. The van der Waals surface area contributed by atoms with Crippen molar-refractivity contribution in [2.45, 2.75) is 12.6 Å². The van der Waals surface area contributed by atoms with E-state index in [0.717, 1.165) is 34.2 Å². The van der Waals surface area contributed by atoms with E-state index in [2.05, 4.69) is 35.1 Å². The molecule has 0 aliphatic carbocycles. The highest BCUT2D eigenvalue weighted by atomic mass is 19.4. The van der Waals surface area contributed by atoms with Crippen LogP contribution in [0.3, 0.4) is 0 Å². The molecular weight excluding hydrogens is 399 g/mol. The minimum atomic E-state index is -4.62. The number of anilines is 2. The van der Waals surface area contributed by atoms with Crippen LogP contribution >= 0.6 is 0 Å². The van der Waals surface area contributed by atoms with Crippen LogP contribution in [-0.4, -0.2) is 60.9 Å². The lowest BCUT2D eigenvalue weighted by atomic mass is 10.2. The molecule has 154 valence electrons. The van der Waals surface area contributed by atoms with Crippen molar-refractivity contribution in [3.8, 4) is 0 Å². The largest absolute Gasteiger partial charge is 0.453 e. The van der Waals surface area contributed by atoms with Crippen LogP contribution in [0.5, 0.6) is 0 Å². The molecule has 12 heteroatoms. The molecule has 1 saturated heterocycles. The minimum Gasteiger partial charge on any atom is -0.354 e. The summed E-state index contributed by atoms with van der Waals surface area (Å²) in [6.45, 7) is 2.64. The molecule has 0 aromatic carbocycles. The minimum absolute atomic E-state index is 0.0589. The highest BCUT2D eigenvalue weighted by Crippen LogP contribution is 2.28. The Morgan fingerprint density at radius 3 is 2.60 bits per heavy atom. The van der Waals surface area contributed by atoms with Crippen LogP contribution in [0.2, 0.25) is 0 Å². The number of nitrogens with zero attached hydrogens (tertiary/aromatic N) is 9. The summed E-state index contributed by atoms with van der Waals surface area (Å²) >= 11 is 0. The maximum atomic E-state index is 13.2. The third-order valence-corrected chi connectivity index (χ3v) is 5.04. The molecule has 0 radical (unpaired) electrons. The Kier molecular flexibility index (Phi) is 4.33. The molecule has 4 aromatic heterocycles. The molecule has 0 bridgehead atoms. The molecule has 0 spiro atoms. The zero-order valence-electron chi connectivity index (χ0n) is 15.7. The Labute approximate surface area is 168 Å². The summed E-state index contributed by atoms with van der Waals surface area (Å²) in [6, 6.07) is 5.05. The molecule has 5 heterocycles. The smallest absolute Gasteiger partial charge is 0.354 e. The molecule has 30 heavy (non-hydrogen) atoms. The summed E-state index contributed by atoms with van der Waals surface area (Å²) in [4.78, 5) is 16.9. The number of hydrogen-bond acceptors (Lipinski definition) is 8. The first-order valence-corrected chi connectivity index (χ1v) is 9.35. The highest BCUT2D eigenvalue weighted by molar-refractivity contribution is 5.88. The van der Waals surface area contributed by atoms with Gasteiger partial charge in [0, 0.05) is 37.8 Å². The van der Waals surface area contributed by atoms with Gasteiger partial charge in [-0.3, -0.25) is 4.98 Å². The van der Waals surface area contributed by atoms with Gasteiger partial charge in [0.25, 0.3) is 5.82 Å². The Balaban J connectivity index is 1.42. The fourth-order valence-electron chi connectivity index (χ4n) is 3.63. The topological polar surface area (TPSA) is 88.2 Å². The van der Waals surface area contributed by atoms with Gasteiger partial charge in [-0.15, -0.1) is 15.3 Å². The van der Waals surface area contributed by atoms with Gasteiger partial charge in [-0.1, -0.05) is 0 Å². The van der Waals surface area contributed by atoms with Crippen molar-refractivity contribution >= 4 is 28.2 Å². The van der Waals surface area contributed by atoms with Gasteiger partial charge in [0.05, 0.1) is 11.7 Å². The van der Waals surface area contributed by atoms with Gasteiger partial charge >= 0.3 is 6.18 Å². The van der Waals surface area contributed by atoms with Crippen molar-refractivity contribution in [3.05, 3.63) is 42.7 Å². The summed E-state index contributed by atoms with van der Waals surface area (Å²) < 4.78 is 40.2. The van der Waals surface area contributed by atoms with Gasteiger partial charge in [-0.25, -0.2) is 9.97 Å². The quantitative estimate of drug-likeness (QED) is 0.492. The SMILES string of the molecule is FC(F)(F)c1nnc2ccc(N3CCCN(c4ncnc5cnccc45)CC3)nn12. The van der Waals surface area contributed by atoms with Crippen molar-refractivity contribution in [2.24, 2.45) is 0 Å². The van der Waals surface area contributed by atoms with Crippen LogP contribution in [0, 0.1) is 0 Å². The second-order valence-electron chi connectivity index (χ2n) is 6.90. The fourth-order valence-corrected chi connectivity index (χ4v) is 3.63. The average molecular weight is 415 g/mol. The summed E-state index contributed by atoms with van der Waals surface area (Å²) in [7, 11) is 0. The predicted molar refractivity (Wildman–Crippen MR) is 102 cm³/mol. The number of aromatic nitrogens is 7. The van der Waals surface area contributed by atoms with Crippen molar-refractivity contribution < 1.29 is 13.2 Å². The third kappa shape index (κ3) is 3.23. The first kappa shape index (κ1) is 18.5. The maximum absolute atomic E-state index is 13.2. The number of fused-ring (bicyclic) bond motifs is 2. The molecule has 0 N–H and O–H groups in total. The predicted octanol–water partition coefficient (Wildman–Crippen LogP) is 2.20. The van der Waals surface area contributed by atoms with Crippen LogP contribution in [0.4, 0.5) is 24.8 Å². The molecule has 5 rings (SSSR count). The molecular formula is C18H16F3N9. The van der Waals surface area contributed by atoms with Gasteiger partial charge in [0.1, 0.15) is 18.0 Å². The molecule has 0 saturated carbocycles. The molecule has 1 fully saturated rings. The highest BCUT2D eigenvalue weighted by Gasteiger charge is 2.37. The van der Waals surface area contributed by atoms with Gasteiger partial charge in [-0.05, 0) is 24.6 Å². The number of halogens is 3. The zero-order valence-corrected chi connectivity index (χ0v) is 15.7. The normalized spacial score (nSPS) is 15.7. The van der Waals surface area contributed by atoms with E-state index in [0.29, 0.717) is 25.5 Å². The monoisotopic (exact) mass is 415 g/mol. The summed E-state index contributed by atoms with van der Waals surface area (Å²) in [5.41, 5.74) is 0.826. The molecule has 1 aliphatic heterocycles.